The average Bonchev–Trinajstić information content (AvgIpc) is 2.27. The molecule has 0 bridgehead atoms. The molecule has 0 saturated heterocycles. The van der Waals surface area contributed by atoms with E-state index in [9.17, 15) is 19.1 Å². The zero-order valence-electron chi connectivity index (χ0n) is 10.0. The number of anilines is 1. The van der Waals surface area contributed by atoms with Gasteiger partial charge in [-0.1, -0.05) is 6.42 Å². The molecule has 1 N–H and O–H groups in total. The summed E-state index contributed by atoms with van der Waals surface area (Å²) in [5, 5.41) is 9.19. The highest BCUT2D eigenvalue weighted by molar-refractivity contribution is 6.10. The van der Waals surface area contributed by atoms with E-state index < -0.39 is 23.1 Å². The van der Waals surface area contributed by atoms with Crippen molar-refractivity contribution >= 4 is 17.6 Å². The molecule has 1 fully saturated rings. The molecule has 4 nitrogen and oxygen atoms in total. The Balaban J connectivity index is 2.23. The molecule has 0 aliphatic heterocycles. The van der Waals surface area contributed by atoms with Crippen LogP contribution < -0.4 is 4.90 Å². The van der Waals surface area contributed by atoms with E-state index in [1.54, 1.807) is 0 Å². The van der Waals surface area contributed by atoms with Gasteiger partial charge in [-0.2, -0.15) is 0 Å². The van der Waals surface area contributed by atoms with Crippen LogP contribution in [0.2, 0.25) is 0 Å². The van der Waals surface area contributed by atoms with Gasteiger partial charge in [-0.15, -0.1) is 0 Å². The first kappa shape index (κ1) is 12.5. The van der Waals surface area contributed by atoms with Crippen molar-refractivity contribution in [2.24, 2.45) is 5.41 Å². The van der Waals surface area contributed by atoms with Crippen LogP contribution in [0, 0.1) is 11.2 Å². The van der Waals surface area contributed by atoms with Crippen molar-refractivity contribution in [1.82, 2.24) is 0 Å². The molecule has 1 aromatic carbocycles. The fraction of sp³-hybridized carbons (Fsp3) is 0.385. The lowest BCUT2D eigenvalue weighted by Crippen LogP contribution is -2.51. The Morgan fingerprint density at radius 3 is 2.22 bits per heavy atom. The van der Waals surface area contributed by atoms with Crippen molar-refractivity contribution in [2.45, 2.75) is 19.3 Å². The molecule has 1 amide bonds. The van der Waals surface area contributed by atoms with E-state index in [4.69, 9.17) is 0 Å². The van der Waals surface area contributed by atoms with Crippen LogP contribution in [-0.4, -0.2) is 24.0 Å². The van der Waals surface area contributed by atoms with Crippen LogP contribution in [0.1, 0.15) is 19.3 Å². The van der Waals surface area contributed by atoms with Crippen molar-refractivity contribution in [3.8, 4) is 0 Å². The van der Waals surface area contributed by atoms with Gasteiger partial charge in [0.05, 0.1) is 0 Å². The molecule has 0 unspecified atom stereocenters. The van der Waals surface area contributed by atoms with Gasteiger partial charge < -0.3 is 10.0 Å². The highest BCUT2D eigenvalue weighted by atomic mass is 19.1. The molecule has 5 heteroatoms. The number of carboxylic acids is 1. The number of nitrogens with zero attached hydrogens (tertiary/aromatic N) is 1. The highest BCUT2D eigenvalue weighted by Crippen LogP contribution is 2.43. The van der Waals surface area contributed by atoms with Gasteiger partial charge in [0.15, 0.2) is 0 Å². The van der Waals surface area contributed by atoms with Gasteiger partial charge in [-0.25, -0.2) is 4.39 Å². The third-order valence-corrected chi connectivity index (χ3v) is 3.54. The maximum Gasteiger partial charge on any atom is 0.319 e. The van der Waals surface area contributed by atoms with Crippen molar-refractivity contribution in [2.75, 3.05) is 11.9 Å². The second-order valence-electron chi connectivity index (χ2n) is 4.58. The lowest BCUT2D eigenvalue weighted by molar-refractivity contribution is -0.160. The van der Waals surface area contributed by atoms with Gasteiger partial charge in [0, 0.05) is 12.7 Å². The molecular formula is C13H14FNO3. The van der Waals surface area contributed by atoms with E-state index in [1.807, 2.05) is 0 Å². The quantitative estimate of drug-likeness (QED) is 0.836. The van der Waals surface area contributed by atoms with Crippen LogP contribution in [0.25, 0.3) is 0 Å². The number of carbonyl (C=O) groups is 2. The van der Waals surface area contributed by atoms with Gasteiger partial charge >= 0.3 is 5.97 Å². The van der Waals surface area contributed by atoms with Crippen LogP contribution in [0.15, 0.2) is 24.3 Å². The minimum atomic E-state index is -1.29. The number of rotatable bonds is 3. The number of hydrogen-bond donors (Lipinski definition) is 1. The summed E-state index contributed by atoms with van der Waals surface area (Å²) < 4.78 is 12.8. The number of hydrogen-bond acceptors (Lipinski definition) is 2. The maximum absolute atomic E-state index is 12.8. The highest BCUT2D eigenvalue weighted by Gasteiger charge is 2.52. The molecule has 0 radical (unpaired) electrons. The Kier molecular flexibility index (Phi) is 3.07. The Hall–Kier alpha value is -1.91. The summed E-state index contributed by atoms with van der Waals surface area (Å²) in [5.41, 5.74) is -0.794. The van der Waals surface area contributed by atoms with Gasteiger partial charge in [0.2, 0.25) is 5.91 Å². The number of carboxylic acid groups (broad SMARTS) is 1. The zero-order valence-corrected chi connectivity index (χ0v) is 10.0. The van der Waals surface area contributed by atoms with Crippen molar-refractivity contribution in [3.63, 3.8) is 0 Å². The van der Waals surface area contributed by atoms with Gasteiger partial charge in [-0.05, 0) is 37.1 Å². The van der Waals surface area contributed by atoms with Crippen molar-refractivity contribution < 1.29 is 19.1 Å². The molecule has 0 atom stereocenters. The molecule has 1 aromatic rings. The fourth-order valence-corrected chi connectivity index (χ4v) is 2.15. The van der Waals surface area contributed by atoms with Crippen molar-refractivity contribution in [1.29, 1.82) is 0 Å². The number of amides is 1. The minimum Gasteiger partial charge on any atom is -0.480 e. The Morgan fingerprint density at radius 2 is 1.83 bits per heavy atom. The minimum absolute atomic E-state index is 0.368. The number of benzene rings is 1. The summed E-state index contributed by atoms with van der Waals surface area (Å²) >= 11 is 0. The molecule has 0 heterocycles. The molecule has 1 aliphatic rings. The summed E-state index contributed by atoms with van der Waals surface area (Å²) in [4.78, 5) is 24.7. The normalized spacial score (nSPS) is 16.8. The Morgan fingerprint density at radius 1 is 1.28 bits per heavy atom. The lowest BCUT2D eigenvalue weighted by atomic mass is 9.68. The van der Waals surface area contributed by atoms with Gasteiger partial charge in [0.25, 0.3) is 0 Å². The number of aliphatic carboxylic acids is 1. The summed E-state index contributed by atoms with van der Waals surface area (Å²) in [6, 6.07) is 5.41. The second-order valence-corrected chi connectivity index (χ2v) is 4.58. The molecule has 0 spiro atoms. The Labute approximate surface area is 104 Å². The third-order valence-electron chi connectivity index (χ3n) is 3.54. The predicted molar refractivity (Wildman–Crippen MR) is 63.7 cm³/mol. The zero-order chi connectivity index (χ0) is 13.3. The van der Waals surface area contributed by atoms with E-state index in [0.29, 0.717) is 18.5 Å². The van der Waals surface area contributed by atoms with E-state index in [0.717, 1.165) is 6.42 Å². The smallest absolute Gasteiger partial charge is 0.319 e. The molecule has 1 aliphatic carbocycles. The van der Waals surface area contributed by atoms with Crippen LogP contribution in [0.3, 0.4) is 0 Å². The standard InChI is InChI=1S/C13H14FNO3/c1-15(10-5-3-9(14)4-6-10)11(16)13(12(17)18)7-2-8-13/h3-6H,2,7-8H2,1H3,(H,17,18). The molecule has 1 saturated carbocycles. The SMILES string of the molecule is CN(C(=O)C1(C(=O)O)CCC1)c1ccc(F)cc1. The number of carbonyl (C=O) groups excluding carboxylic acids is 1. The summed E-state index contributed by atoms with van der Waals surface area (Å²) in [7, 11) is 1.51. The molecule has 0 aromatic heterocycles. The van der Waals surface area contributed by atoms with E-state index in [1.165, 1.54) is 36.2 Å². The summed E-state index contributed by atoms with van der Waals surface area (Å²) in [6.07, 6.45) is 1.48. The summed E-state index contributed by atoms with van der Waals surface area (Å²) in [6.45, 7) is 0. The second kappa shape index (κ2) is 4.40. The van der Waals surface area contributed by atoms with Crippen LogP contribution >= 0.6 is 0 Å². The van der Waals surface area contributed by atoms with E-state index in [2.05, 4.69) is 0 Å². The molecule has 2 rings (SSSR count). The first-order valence-corrected chi connectivity index (χ1v) is 5.74. The molecular weight excluding hydrogens is 237 g/mol. The first-order valence-electron chi connectivity index (χ1n) is 5.74. The first-order chi connectivity index (χ1) is 8.47. The predicted octanol–water partition coefficient (Wildman–Crippen LogP) is 2.04. The van der Waals surface area contributed by atoms with Crippen LogP contribution in [0.5, 0.6) is 0 Å². The van der Waals surface area contributed by atoms with E-state index in [-0.39, 0.29) is 0 Å². The van der Waals surface area contributed by atoms with Gasteiger partial charge in [-0.3, -0.25) is 9.59 Å². The molecule has 18 heavy (non-hydrogen) atoms. The summed E-state index contributed by atoms with van der Waals surface area (Å²) in [5.74, 6) is -1.91. The monoisotopic (exact) mass is 251 g/mol. The third kappa shape index (κ3) is 1.85. The maximum atomic E-state index is 12.8. The van der Waals surface area contributed by atoms with Crippen molar-refractivity contribution in [3.05, 3.63) is 30.1 Å². The van der Waals surface area contributed by atoms with Gasteiger partial charge in [0.1, 0.15) is 11.2 Å². The Bertz CT molecular complexity index is 480. The lowest BCUT2D eigenvalue weighted by Gasteiger charge is -2.38. The fourth-order valence-electron chi connectivity index (χ4n) is 2.15. The number of halogens is 1. The largest absolute Gasteiger partial charge is 0.480 e. The van der Waals surface area contributed by atoms with Crippen LogP contribution in [-0.2, 0) is 9.59 Å². The topological polar surface area (TPSA) is 57.6 Å². The molecule has 96 valence electrons. The van der Waals surface area contributed by atoms with E-state index >= 15 is 0 Å². The average molecular weight is 251 g/mol. The van der Waals surface area contributed by atoms with Crippen LogP contribution in [0.4, 0.5) is 10.1 Å².